The fourth-order valence-electron chi connectivity index (χ4n) is 3.48. The maximum absolute atomic E-state index is 13.9. The second-order valence-electron chi connectivity index (χ2n) is 7.94. The van der Waals surface area contributed by atoms with E-state index in [0.717, 1.165) is 11.3 Å². The molecule has 0 saturated carbocycles. The van der Waals surface area contributed by atoms with Gasteiger partial charge in [-0.2, -0.15) is 13.2 Å². The van der Waals surface area contributed by atoms with Crippen LogP contribution >= 0.6 is 0 Å². The van der Waals surface area contributed by atoms with Crippen molar-refractivity contribution in [3.63, 3.8) is 0 Å². The van der Waals surface area contributed by atoms with Crippen LogP contribution < -0.4 is 20.1 Å². The second-order valence-corrected chi connectivity index (χ2v) is 7.94. The average molecular weight is 539 g/mol. The molecule has 5 rings (SSSR count). The van der Waals surface area contributed by atoms with E-state index in [1.54, 1.807) is 47.1 Å². The van der Waals surface area contributed by atoms with Gasteiger partial charge in [0.2, 0.25) is 5.88 Å². The summed E-state index contributed by atoms with van der Waals surface area (Å²) in [6.07, 6.45) is -0.569. The number of urea groups is 1. The molecule has 2 aromatic carbocycles. The summed E-state index contributed by atoms with van der Waals surface area (Å²) in [5.74, 6) is -0.157. The first kappa shape index (κ1) is 25.4. The average Bonchev–Trinajstić information content (AvgIpc) is 3.34. The molecule has 198 valence electrons. The topological polar surface area (TPSA) is 116 Å². The maximum atomic E-state index is 13.9. The number of amides is 2. The minimum atomic E-state index is -4.69. The van der Waals surface area contributed by atoms with Gasteiger partial charge in [-0.15, -0.1) is 5.10 Å². The number of ether oxygens (including phenoxy) is 2. The summed E-state index contributed by atoms with van der Waals surface area (Å²) in [4.78, 5) is 24.5. The van der Waals surface area contributed by atoms with Gasteiger partial charge in [0.1, 0.15) is 11.6 Å². The molecule has 0 bridgehead atoms. The molecule has 3 heterocycles. The van der Waals surface area contributed by atoms with Crippen LogP contribution in [0.4, 0.5) is 33.7 Å². The van der Waals surface area contributed by atoms with Gasteiger partial charge in [-0.25, -0.2) is 28.7 Å². The minimum Gasteiger partial charge on any atom is -0.480 e. The Morgan fingerprint density at radius 2 is 1.67 bits per heavy atom. The molecular weight excluding hydrogens is 522 g/mol. The Bertz CT molecular complexity index is 1640. The van der Waals surface area contributed by atoms with Crippen molar-refractivity contribution in [3.8, 4) is 28.9 Å². The highest BCUT2D eigenvalue weighted by Crippen LogP contribution is 2.32. The Hall–Kier alpha value is -5.27. The van der Waals surface area contributed by atoms with E-state index >= 15 is 0 Å². The highest BCUT2D eigenvalue weighted by atomic mass is 19.4. The van der Waals surface area contributed by atoms with Crippen LogP contribution in [0.15, 0.2) is 73.2 Å². The summed E-state index contributed by atoms with van der Waals surface area (Å²) in [5.41, 5.74) is 0.572. The van der Waals surface area contributed by atoms with Gasteiger partial charge >= 0.3 is 18.2 Å². The number of carbonyl (C=O) groups excluding carboxylic acids is 1. The number of halogens is 4. The van der Waals surface area contributed by atoms with Gasteiger partial charge in [-0.05, 0) is 48.5 Å². The van der Waals surface area contributed by atoms with Crippen LogP contribution in [-0.4, -0.2) is 37.7 Å². The molecule has 0 atom stereocenters. The third-order valence-electron chi connectivity index (χ3n) is 5.33. The van der Waals surface area contributed by atoms with Gasteiger partial charge in [0, 0.05) is 11.6 Å². The molecule has 0 radical (unpaired) electrons. The van der Waals surface area contributed by atoms with Crippen LogP contribution in [0.1, 0.15) is 5.56 Å². The van der Waals surface area contributed by atoms with E-state index in [2.05, 4.69) is 25.4 Å². The number of rotatable bonds is 6. The number of benzene rings is 2. The lowest BCUT2D eigenvalue weighted by atomic mass is 10.1. The number of nitrogens with one attached hydrogen (secondary N) is 2. The standard InChI is InChI=1S/C25H17F4N7O3/c1-38-22-9-8-21-30-13-20(36(21)35-22)14-2-5-17(6-3-14)39-24-31-11-16(12-32-24)33-23(37)34-19-10-15(25(27,28)29)4-7-18(19)26/h2-13H,1H3,(H2,33,34,37). The molecule has 14 heteroatoms. The van der Waals surface area contributed by atoms with Crippen molar-refractivity contribution in [1.29, 1.82) is 0 Å². The molecule has 39 heavy (non-hydrogen) atoms. The SMILES string of the molecule is COc1ccc2ncc(-c3ccc(Oc4ncc(NC(=O)Nc5cc(C(F)(F)F)ccc5F)cn4)cc3)n2n1. The Labute approximate surface area is 217 Å². The monoisotopic (exact) mass is 539 g/mol. The van der Waals surface area contributed by atoms with Crippen LogP contribution in [0.5, 0.6) is 17.6 Å². The van der Waals surface area contributed by atoms with Crippen molar-refractivity contribution in [2.24, 2.45) is 0 Å². The van der Waals surface area contributed by atoms with Gasteiger partial charge in [0.05, 0.1) is 48.3 Å². The van der Waals surface area contributed by atoms with Gasteiger partial charge in [0.25, 0.3) is 0 Å². The molecule has 3 aromatic heterocycles. The molecular formula is C25H17F4N7O3. The summed E-state index contributed by atoms with van der Waals surface area (Å²) < 4.78 is 64.9. The summed E-state index contributed by atoms with van der Waals surface area (Å²) in [7, 11) is 1.53. The van der Waals surface area contributed by atoms with E-state index in [1.165, 1.54) is 19.5 Å². The van der Waals surface area contributed by atoms with E-state index < -0.39 is 29.3 Å². The van der Waals surface area contributed by atoms with Crippen LogP contribution in [0.3, 0.4) is 0 Å². The highest BCUT2D eigenvalue weighted by Gasteiger charge is 2.31. The molecule has 0 aliphatic rings. The summed E-state index contributed by atoms with van der Waals surface area (Å²) >= 11 is 0. The first-order chi connectivity index (χ1) is 18.7. The van der Waals surface area contributed by atoms with Gasteiger partial charge in [-0.1, -0.05) is 0 Å². The fourth-order valence-corrected chi connectivity index (χ4v) is 3.48. The number of aromatic nitrogens is 5. The van der Waals surface area contributed by atoms with Crippen molar-refractivity contribution >= 4 is 23.1 Å². The molecule has 0 saturated heterocycles. The Balaban J connectivity index is 1.22. The van der Waals surface area contributed by atoms with Crippen LogP contribution in [-0.2, 0) is 6.18 Å². The summed E-state index contributed by atoms with van der Waals surface area (Å²) in [6.45, 7) is 0. The lowest BCUT2D eigenvalue weighted by Crippen LogP contribution is -2.21. The molecule has 0 aliphatic heterocycles. The fraction of sp³-hybridized carbons (Fsp3) is 0.0800. The number of anilines is 2. The second kappa shape index (κ2) is 10.2. The zero-order chi connectivity index (χ0) is 27.6. The Kier molecular flexibility index (Phi) is 6.66. The Morgan fingerprint density at radius 1 is 0.923 bits per heavy atom. The lowest BCUT2D eigenvalue weighted by molar-refractivity contribution is -0.137. The lowest BCUT2D eigenvalue weighted by Gasteiger charge is -2.11. The van der Waals surface area contributed by atoms with Crippen molar-refractivity contribution in [1.82, 2.24) is 24.6 Å². The van der Waals surface area contributed by atoms with E-state index in [4.69, 9.17) is 9.47 Å². The largest absolute Gasteiger partial charge is 0.480 e. The van der Waals surface area contributed by atoms with Crippen molar-refractivity contribution < 1.29 is 31.8 Å². The molecule has 0 aliphatic carbocycles. The zero-order valence-corrected chi connectivity index (χ0v) is 19.9. The van der Waals surface area contributed by atoms with Crippen LogP contribution in [0.25, 0.3) is 16.9 Å². The predicted molar refractivity (Wildman–Crippen MR) is 131 cm³/mol. The Morgan fingerprint density at radius 3 is 2.36 bits per heavy atom. The molecule has 2 N–H and O–H groups in total. The molecule has 5 aromatic rings. The summed E-state index contributed by atoms with van der Waals surface area (Å²) in [5, 5.41) is 8.71. The number of hydrogen-bond donors (Lipinski definition) is 2. The van der Waals surface area contributed by atoms with Gasteiger partial charge < -0.3 is 20.1 Å². The smallest absolute Gasteiger partial charge is 0.416 e. The van der Waals surface area contributed by atoms with E-state index in [9.17, 15) is 22.4 Å². The van der Waals surface area contributed by atoms with Crippen molar-refractivity contribution in [2.75, 3.05) is 17.7 Å². The molecule has 0 unspecified atom stereocenters. The third-order valence-corrected chi connectivity index (χ3v) is 5.33. The number of fused-ring (bicyclic) bond motifs is 1. The first-order valence-corrected chi connectivity index (χ1v) is 11.1. The molecule has 0 spiro atoms. The predicted octanol–water partition coefficient (Wildman–Crippen LogP) is 5.79. The van der Waals surface area contributed by atoms with Crippen LogP contribution in [0.2, 0.25) is 0 Å². The number of imidazole rings is 1. The number of alkyl halides is 3. The van der Waals surface area contributed by atoms with Gasteiger partial charge in [-0.3, -0.25) is 0 Å². The number of hydrogen-bond acceptors (Lipinski definition) is 7. The number of methoxy groups -OCH3 is 1. The quantitative estimate of drug-likeness (QED) is 0.263. The summed E-state index contributed by atoms with van der Waals surface area (Å²) in [6, 6.07) is 11.2. The molecule has 2 amide bonds. The van der Waals surface area contributed by atoms with E-state index in [1.807, 2.05) is 5.32 Å². The molecule has 0 fully saturated rings. The highest BCUT2D eigenvalue weighted by molar-refractivity contribution is 5.99. The van der Waals surface area contributed by atoms with Crippen LogP contribution in [0, 0.1) is 5.82 Å². The van der Waals surface area contributed by atoms with Gasteiger partial charge in [0.15, 0.2) is 5.65 Å². The van der Waals surface area contributed by atoms with Crippen molar-refractivity contribution in [3.05, 3.63) is 84.6 Å². The zero-order valence-electron chi connectivity index (χ0n) is 19.9. The number of carbonyl (C=O) groups is 1. The normalized spacial score (nSPS) is 11.3. The maximum Gasteiger partial charge on any atom is 0.416 e. The first-order valence-electron chi connectivity index (χ1n) is 11.1. The molecule has 10 nitrogen and oxygen atoms in total. The van der Waals surface area contributed by atoms with E-state index in [-0.39, 0.29) is 11.7 Å². The number of nitrogens with zero attached hydrogens (tertiary/aromatic N) is 5. The minimum absolute atomic E-state index is 0.0289. The van der Waals surface area contributed by atoms with E-state index in [0.29, 0.717) is 35.5 Å². The third kappa shape index (κ3) is 5.69. The van der Waals surface area contributed by atoms with Crippen molar-refractivity contribution in [2.45, 2.75) is 6.18 Å².